The molecule has 0 saturated heterocycles. The lowest BCUT2D eigenvalue weighted by molar-refractivity contribution is 0.0951. The largest absolute Gasteiger partial charge is 0.383 e. The number of carbonyl (C=O) groups excluding carboxylic acids is 1. The van der Waals surface area contributed by atoms with Gasteiger partial charge < -0.3 is 10.1 Å². The van der Waals surface area contributed by atoms with E-state index < -0.39 is 10.0 Å². The summed E-state index contributed by atoms with van der Waals surface area (Å²) in [6.07, 6.45) is 0. The third-order valence-electron chi connectivity index (χ3n) is 4.29. The zero-order valence-corrected chi connectivity index (χ0v) is 16.3. The molecule has 0 heterocycles. The van der Waals surface area contributed by atoms with Gasteiger partial charge >= 0.3 is 0 Å². The second kappa shape index (κ2) is 8.97. The van der Waals surface area contributed by atoms with Crippen molar-refractivity contribution >= 4 is 26.7 Å². The summed E-state index contributed by atoms with van der Waals surface area (Å²) in [6, 6.07) is 19.9. The SMILES string of the molecule is COCCNS(=O)(=O)c1ccc(C(=O)NCc2ccc3ccccc3c2)cc1. The lowest BCUT2D eigenvalue weighted by atomic mass is 10.1. The van der Waals surface area contributed by atoms with Gasteiger partial charge in [0.1, 0.15) is 0 Å². The predicted molar refractivity (Wildman–Crippen MR) is 109 cm³/mol. The summed E-state index contributed by atoms with van der Waals surface area (Å²) in [5.74, 6) is -0.260. The summed E-state index contributed by atoms with van der Waals surface area (Å²) in [5, 5.41) is 5.12. The molecule has 0 aliphatic heterocycles. The van der Waals surface area contributed by atoms with Crippen molar-refractivity contribution in [3.8, 4) is 0 Å². The first-order chi connectivity index (χ1) is 13.5. The van der Waals surface area contributed by atoms with E-state index >= 15 is 0 Å². The fraction of sp³-hybridized carbons (Fsp3) is 0.190. The number of hydrogen-bond donors (Lipinski definition) is 2. The van der Waals surface area contributed by atoms with E-state index in [1.54, 1.807) is 0 Å². The molecule has 2 N–H and O–H groups in total. The van der Waals surface area contributed by atoms with Crippen LogP contribution in [-0.2, 0) is 21.3 Å². The van der Waals surface area contributed by atoms with Crippen LogP contribution < -0.4 is 10.0 Å². The molecule has 0 atom stereocenters. The number of amides is 1. The van der Waals surface area contributed by atoms with Crippen LogP contribution in [0.2, 0.25) is 0 Å². The number of sulfonamides is 1. The van der Waals surface area contributed by atoms with Gasteiger partial charge in [0.2, 0.25) is 10.0 Å². The van der Waals surface area contributed by atoms with Crippen molar-refractivity contribution in [1.29, 1.82) is 0 Å². The lowest BCUT2D eigenvalue weighted by Crippen LogP contribution is -2.27. The van der Waals surface area contributed by atoms with Crippen LogP contribution in [-0.4, -0.2) is 34.6 Å². The molecule has 7 heteroatoms. The molecule has 146 valence electrons. The first kappa shape index (κ1) is 20.0. The minimum Gasteiger partial charge on any atom is -0.383 e. The monoisotopic (exact) mass is 398 g/mol. The van der Waals surface area contributed by atoms with E-state index in [-0.39, 0.29) is 24.0 Å². The molecule has 3 aromatic carbocycles. The topological polar surface area (TPSA) is 84.5 Å². The van der Waals surface area contributed by atoms with Crippen LogP contribution in [0, 0.1) is 0 Å². The molecule has 1 amide bonds. The van der Waals surface area contributed by atoms with Crippen molar-refractivity contribution < 1.29 is 17.9 Å². The van der Waals surface area contributed by atoms with Gasteiger partial charge in [-0.25, -0.2) is 13.1 Å². The van der Waals surface area contributed by atoms with E-state index in [1.165, 1.54) is 31.4 Å². The Hall–Kier alpha value is -2.74. The van der Waals surface area contributed by atoms with Gasteiger partial charge in [-0.2, -0.15) is 0 Å². The Bertz CT molecular complexity index is 1060. The molecule has 28 heavy (non-hydrogen) atoms. The van der Waals surface area contributed by atoms with Crippen LogP contribution in [0.1, 0.15) is 15.9 Å². The highest BCUT2D eigenvalue weighted by molar-refractivity contribution is 7.89. The van der Waals surface area contributed by atoms with Crippen LogP contribution in [0.4, 0.5) is 0 Å². The van der Waals surface area contributed by atoms with Gasteiger partial charge in [-0.15, -0.1) is 0 Å². The zero-order chi connectivity index (χ0) is 20.0. The molecule has 0 radical (unpaired) electrons. The Balaban J connectivity index is 1.62. The van der Waals surface area contributed by atoms with E-state index in [9.17, 15) is 13.2 Å². The molecular formula is C21H22N2O4S. The van der Waals surface area contributed by atoms with E-state index in [2.05, 4.69) is 10.0 Å². The van der Waals surface area contributed by atoms with Gasteiger partial charge in [0, 0.05) is 25.8 Å². The first-order valence-corrected chi connectivity index (χ1v) is 10.3. The average Bonchev–Trinajstić information content (AvgIpc) is 2.72. The molecule has 0 aliphatic rings. The number of methoxy groups -OCH3 is 1. The lowest BCUT2D eigenvalue weighted by Gasteiger charge is -2.09. The summed E-state index contributed by atoms with van der Waals surface area (Å²) in [6.45, 7) is 0.865. The van der Waals surface area contributed by atoms with Crippen LogP contribution in [0.5, 0.6) is 0 Å². The van der Waals surface area contributed by atoms with Crippen molar-refractivity contribution in [1.82, 2.24) is 10.0 Å². The third-order valence-corrected chi connectivity index (χ3v) is 5.77. The molecule has 0 aliphatic carbocycles. The van der Waals surface area contributed by atoms with Gasteiger partial charge in [0.05, 0.1) is 11.5 Å². The number of fused-ring (bicyclic) bond motifs is 1. The molecule has 3 rings (SSSR count). The molecule has 6 nitrogen and oxygen atoms in total. The number of ether oxygens (including phenoxy) is 1. The van der Waals surface area contributed by atoms with Gasteiger partial charge in [0.25, 0.3) is 5.91 Å². The Morgan fingerprint density at radius 1 is 0.964 bits per heavy atom. The quantitative estimate of drug-likeness (QED) is 0.572. The number of carbonyl (C=O) groups is 1. The average molecular weight is 398 g/mol. The maximum atomic E-state index is 12.4. The van der Waals surface area contributed by atoms with Crippen LogP contribution >= 0.6 is 0 Å². The molecule has 0 saturated carbocycles. The summed E-state index contributed by atoms with van der Waals surface area (Å²) in [4.78, 5) is 12.5. The van der Waals surface area contributed by atoms with E-state index in [0.29, 0.717) is 12.1 Å². The van der Waals surface area contributed by atoms with Gasteiger partial charge in [-0.3, -0.25) is 4.79 Å². The Morgan fingerprint density at radius 2 is 1.68 bits per heavy atom. The highest BCUT2D eigenvalue weighted by atomic mass is 32.2. The molecule has 0 spiro atoms. The molecule has 3 aromatic rings. The van der Waals surface area contributed by atoms with Crippen molar-refractivity contribution in [2.75, 3.05) is 20.3 Å². The van der Waals surface area contributed by atoms with Crippen molar-refractivity contribution in [2.45, 2.75) is 11.4 Å². The van der Waals surface area contributed by atoms with Crippen LogP contribution in [0.25, 0.3) is 10.8 Å². The van der Waals surface area contributed by atoms with Gasteiger partial charge in [-0.1, -0.05) is 36.4 Å². The fourth-order valence-corrected chi connectivity index (χ4v) is 3.79. The predicted octanol–water partition coefficient (Wildman–Crippen LogP) is 2.69. The minimum absolute atomic E-state index is 0.106. The number of rotatable bonds is 8. The van der Waals surface area contributed by atoms with Crippen LogP contribution in [0.3, 0.4) is 0 Å². The fourth-order valence-electron chi connectivity index (χ4n) is 2.78. The second-order valence-electron chi connectivity index (χ2n) is 6.28. The molecular weight excluding hydrogens is 376 g/mol. The Labute approximate surface area is 164 Å². The Morgan fingerprint density at radius 3 is 2.39 bits per heavy atom. The smallest absolute Gasteiger partial charge is 0.251 e. The number of nitrogens with one attached hydrogen (secondary N) is 2. The Kier molecular flexibility index (Phi) is 6.41. The van der Waals surface area contributed by atoms with Crippen molar-refractivity contribution in [3.63, 3.8) is 0 Å². The maximum Gasteiger partial charge on any atom is 0.251 e. The van der Waals surface area contributed by atoms with E-state index in [1.807, 2.05) is 42.5 Å². The van der Waals surface area contributed by atoms with Crippen LogP contribution in [0.15, 0.2) is 71.6 Å². The van der Waals surface area contributed by atoms with E-state index in [4.69, 9.17) is 4.74 Å². The molecule has 0 unspecified atom stereocenters. The van der Waals surface area contributed by atoms with Crippen molar-refractivity contribution in [3.05, 3.63) is 77.9 Å². The number of hydrogen-bond acceptors (Lipinski definition) is 4. The third kappa shape index (κ3) is 4.95. The first-order valence-electron chi connectivity index (χ1n) is 8.84. The molecule has 0 aromatic heterocycles. The maximum absolute atomic E-state index is 12.4. The summed E-state index contributed by atoms with van der Waals surface area (Å²) in [5.41, 5.74) is 1.39. The summed E-state index contributed by atoms with van der Waals surface area (Å²) < 4.78 is 31.5. The minimum atomic E-state index is -3.61. The summed E-state index contributed by atoms with van der Waals surface area (Å²) in [7, 11) is -2.11. The molecule has 0 bridgehead atoms. The van der Waals surface area contributed by atoms with Gasteiger partial charge in [-0.05, 0) is 46.7 Å². The standard InChI is InChI=1S/C21H22N2O4S/c1-27-13-12-23-28(25,26)20-10-8-18(9-11-20)21(24)22-15-16-6-7-17-4-2-3-5-19(17)14-16/h2-11,14,23H,12-13,15H2,1H3,(H,22,24). The van der Waals surface area contributed by atoms with Crippen molar-refractivity contribution in [2.24, 2.45) is 0 Å². The van der Waals surface area contributed by atoms with E-state index in [0.717, 1.165) is 16.3 Å². The molecule has 0 fully saturated rings. The summed E-state index contributed by atoms with van der Waals surface area (Å²) >= 11 is 0. The zero-order valence-electron chi connectivity index (χ0n) is 15.5. The highest BCUT2D eigenvalue weighted by Gasteiger charge is 2.14. The normalized spacial score (nSPS) is 11.5. The van der Waals surface area contributed by atoms with Gasteiger partial charge in [0.15, 0.2) is 0 Å². The second-order valence-corrected chi connectivity index (χ2v) is 8.05. The number of benzene rings is 3. The highest BCUT2D eigenvalue weighted by Crippen LogP contribution is 2.16.